The first kappa shape index (κ1) is 7.57. The maximum absolute atomic E-state index is 5.06. The third-order valence-electron chi connectivity index (χ3n) is 1.77. The maximum atomic E-state index is 5.06. The molecular formula is C7H11N3O2. The summed E-state index contributed by atoms with van der Waals surface area (Å²) in [6.45, 7) is 4.90. The highest BCUT2D eigenvalue weighted by atomic mass is 16.8. The third kappa shape index (κ3) is 1.28. The Hall–Kier alpha value is -1.07. The van der Waals surface area contributed by atoms with Crippen LogP contribution in [0, 0.1) is 0 Å². The highest BCUT2D eigenvalue weighted by Gasteiger charge is 2.47. The van der Waals surface area contributed by atoms with Crippen LogP contribution in [0.4, 0.5) is 0 Å². The van der Waals surface area contributed by atoms with E-state index in [1.165, 1.54) is 0 Å². The molecule has 2 aliphatic rings. The lowest BCUT2D eigenvalue weighted by Gasteiger charge is -2.12. The fourth-order valence-electron chi connectivity index (χ4n) is 0.979. The van der Waals surface area contributed by atoms with Crippen LogP contribution in [-0.2, 0) is 9.47 Å². The van der Waals surface area contributed by atoms with Crippen molar-refractivity contribution in [2.45, 2.75) is 5.91 Å². The molecule has 1 fully saturated rings. The van der Waals surface area contributed by atoms with Crippen LogP contribution in [-0.4, -0.2) is 32.1 Å². The first-order valence-electron chi connectivity index (χ1n) is 3.71. The highest BCUT2D eigenvalue weighted by molar-refractivity contribution is 5.84. The van der Waals surface area contributed by atoms with Gasteiger partial charge in [-0.05, 0) is 0 Å². The van der Waals surface area contributed by atoms with Gasteiger partial charge >= 0.3 is 0 Å². The van der Waals surface area contributed by atoms with E-state index in [0.717, 1.165) is 5.70 Å². The molecule has 0 bridgehead atoms. The normalized spacial score (nSPS) is 32.8. The molecule has 0 amide bonds. The van der Waals surface area contributed by atoms with Crippen LogP contribution in [0.1, 0.15) is 0 Å². The second-order valence-corrected chi connectivity index (χ2v) is 2.76. The van der Waals surface area contributed by atoms with Crippen molar-refractivity contribution < 1.29 is 9.47 Å². The molecule has 5 nitrogen and oxygen atoms in total. The minimum Gasteiger partial charge on any atom is -0.334 e. The quantitative estimate of drug-likeness (QED) is 0.427. The van der Waals surface area contributed by atoms with Gasteiger partial charge in [-0.15, -0.1) is 0 Å². The molecule has 0 spiro atoms. The Morgan fingerprint density at radius 2 is 2.58 bits per heavy atom. The van der Waals surface area contributed by atoms with E-state index in [-0.39, 0.29) is 0 Å². The van der Waals surface area contributed by atoms with Crippen molar-refractivity contribution in [1.82, 2.24) is 10.6 Å². The fraction of sp³-hybridized carbons (Fsp3) is 0.571. The van der Waals surface area contributed by atoms with Gasteiger partial charge in [0.1, 0.15) is 6.61 Å². The molecule has 12 heavy (non-hydrogen) atoms. The van der Waals surface area contributed by atoms with Crippen LogP contribution < -0.4 is 10.6 Å². The molecule has 2 rings (SSSR count). The number of ether oxygens (including phenoxy) is 2. The van der Waals surface area contributed by atoms with Gasteiger partial charge in [0.2, 0.25) is 0 Å². The number of rotatable bonds is 2. The van der Waals surface area contributed by atoms with Crippen molar-refractivity contribution in [2.24, 2.45) is 4.99 Å². The summed E-state index contributed by atoms with van der Waals surface area (Å²) in [4.78, 5) is 4.12. The van der Waals surface area contributed by atoms with E-state index in [0.29, 0.717) is 19.1 Å². The van der Waals surface area contributed by atoms with Crippen LogP contribution in [0.2, 0.25) is 0 Å². The first-order chi connectivity index (χ1) is 5.74. The largest absolute Gasteiger partial charge is 0.334 e. The van der Waals surface area contributed by atoms with Gasteiger partial charge in [0, 0.05) is 12.8 Å². The van der Waals surface area contributed by atoms with E-state index in [1.54, 1.807) is 7.11 Å². The zero-order valence-electron chi connectivity index (χ0n) is 6.89. The van der Waals surface area contributed by atoms with Crippen LogP contribution in [0.15, 0.2) is 17.3 Å². The predicted molar refractivity (Wildman–Crippen MR) is 43.4 cm³/mol. The molecule has 0 saturated carbocycles. The minimum absolute atomic E-state index is 0.552. The number of hydrogen-bond donors (Lipinski definition) is 2. The van der Waals surface area contributed by atoms with Gasteiger partial charge in [0.05, 0.1) is 6.54 Å². The average Bonchev–Trinajstić information content (AvgIpc) is 2.71. The van der Waals surface area contributed by atoms with Crippen LogP contribution in [0.25, 0.3) is 0 Å². The lowest BCUT2D eigenvalue weighted by Crippen LogP contribution is -2.44. The molecular weight excluding hydrogens is 158 g/mol. The Labute approximate surface area is 70.4 Å². The van der Waals surface area contributed by atoms with Gasteiger partial charge in [-0.25, -0.2) is 4.99 Å². The smallest absolute Gasteiger partial charge is 0.276 e. The molecule has 5 heteroatoms. The molecule has 0 aromatic rings. The topological polar surface area (TPSA) is 58.2 Å². The molecule has 1 atom stereocenters. The molecule has 0 aromatic heterocycles. The Kier molecular flexibility index (Phi) is 1.55. The molecule has 0 aromatic carbocycles. The summed E-state index contributed by atoms with van der Waals surface area (Å²) in [6.07, 6.45) is 0. The van der Waals surface area contributed by atoms with E-state index in [9.17, 15) is 0 Å². The minimum atomic E-state index is -0.642. The van der Waals surface area contributed by atoms with E-state index in [2.05, 4.69) is 22.2 Å². The second-order valence-electron chi connectivity index (χ2n) is 2.76. The third-order valence-corrected chi connectivity index (χ3v) is 1.77. The van der Waals surface area contributed by atoms with E-state index >= 15 is 0 Å². The molecule has 0 aliphatic carbocycles. The van der Waals surface area contributed by atoms with E-state index < -0.39 is 5.91 Å². The van der Waals surface area contributed by atoms with Crippen molar-refractivity contribution in [2.75, 3.05) is 20.3 Å². The maximum Gasteiger partial charge on any atom is 0.276 e. The summed E-state index contributed by atoms with van der Waals surface area (Å²) in [5.41, 5.74) is 0.879. The Balaban J connectivity index is 1.91. The van der Waals surface area contributed by atoms with Crippen LogP contribution in [0.5, 0.6) is 0 Å². The molecule has 0 radical (unpaired) electrons. The number of epoxide rings is 1. The summed E-state index contributed by atoms with van der Waals surface area (Å²) in [7, 11) is 1.59. The lowest BCUT2D eigenvalue weighted by atomic mass is 10.5. The zero-order chi connectivity index (χ0) is 8.60. The van der Waals surface area contributed by atoms with E-state index in [1.807, 2.05) is 0 Å². The van der Waals surface area contributed by atoms with Gasteiger partial charge in [-0.1, -0.05) is 6.58 Å². The monoisotopic (exact) mass is 169 g/mol. The van der Waals surface area contributed by atoms with Crippen molar-refractivity contribution in [3.63, 3.8) is 0 Å². The molecule has 2 heterocycles. The van der Waals surface area contributed by atoms with Gasteiger partial charge in [-0.3, -0.25) is 0 Å². The Morgan fingerprint density at radius 3 is 3.00 bits per heavy atom. The number of nitrogens with zero attached hydrogens (tertiary/aromatic N) is 1. The molecule has 1 unspecified atom stereocenters. The number of methoxy groups -OCH3 is 1. The number of guanidine groups is 1. The number of nitrogens with one attached hydrogen (secondary N) is 2. The average molecular weight is 169 g/mol. The van der Waals surface area contributed by atoms with Gasteiger partial charge in [-0.2, -0.15) is 0 Å². The Bertz CT molecular complexity index is 245. The van der Waals surface area contributed by atoms with Gasteiger partial charge in [0.25, 0.3) is 5.91 Å². The summed E-state index contributed by atoms with van der Waals surface area (Å²) >= 11 is 0. The van der Waals surface area contributed by atoms with Gasteiger partial charge in [0.15, 0.2) is 5.96 Å². The van der Waals surface area contributed by atoms with Crippen molar-refractivity contribution in [3.8, 4) is 0 Å². The molecule has 2 N–H and O–H groups in total. The van der Waals surface area contributed by atoms with E-state index in [4.69, 9.17) is 9.47 Å². The highest BCUT2D eigenvalue weighted by Crippen LogP contribution is 2.23. The number of hydrogen-bond acceptors (Lipinski definition) is 5. The first-order valence-corrected chi connectivity index (χ1v) is 3.71. The van der Waals surface area contributed by atoms with Crippen molar-refractivity contribution in [3.05, 3.63) is 12.3 Å². The summed E-state index contributed by atoms with van der Waals surface area (Å²) in [5, 5.41) is 5.95. The number of aliphatic imine (C=N–C) groups is 1. The van der Waals surface area contributed by atoms with Crippen molar-refractivity contribution in [1.29, 1.82) is 0 Å². The molecule has 1 saturated heterocycles. The van der Waals surface area contributed by atoms with Crippen molar-refractivity contribution >= 4 is 5.96 Å². The fourth-order valence-corrected chi connectivity index (χ4v) is 0.979. The second kappa shape index (κ2) is 2.46. The van der Waals surface area contributed by atoms with Gasteiger partial charge < -0.3 is 20.1 Å². The zero-order valence-corrected chi connectivity index (χ0v) is 6.89. The summed E-state index contributed by atoms with van der Waals surface area (Å²) in [6, 6.07) is 0. The SMILES string of the molecule is C=C1CN=C(NC2(OC)CO2)N1. The lowest BCUT2D eigenvalue weighted by molar-refractivity contribution is -0.0220. The standard InChI is InChI=1S/C7H11N3O2/c1-5-3-8-6(9-5)10-7(11-2)4-12-7/h1,3-4H2,2H3,(H2,8,9,10). The molecule has 66 valence electrons. The Morgan fingerprint density at radius 1 is 1.83 bits per heavy atom. The summed E-state index contributed by atoms with van der Waals surface area (Å²) in [5.74, 6) is 0.0237. The van der Waals surface area contributed by atoms with Crippen LogP contribution >= 0.6 is 0 Å². The molecule has 2 aliphatic heterocycles. The van der Waals surface area contributed by atoms with Crippen LogP contribution in [0.3, 0.4) is 0 Å². The summed E-state index contributed by atoms with van der Waals surface area (Å²) < 4.78 is 10.1. The predicted octanol–water partition coefficient (Wildman–Crippen LogP) is -0.621.